The van der Waals surface area contributed by atoms with Crippen LogP contribution in [0.3, 0.4) is 0 Å². The van der Waals surface area contributed by atoms with E-state index in [9.17, 15) is 0 Å². The molecular weight excluding hydrogens is 208 g/mol. The van der Waals surface area contributed by atoms with E-state index < -0.39 is 0 Å². The van der Waals surface area contributed by atoms with Gasteiger partial charge in [-0.1, -0.05) is 31.2 Å². The van der Waals surface area contributed by atoms with Crippen molar-refractivity contribution in [2.24, 2.45) is 0 Å². The first-order chi connectivity index (χ1) is 8.29. The maximum atomic E-state index is 3.23. The fraction of sp³-hybridized carbons (Fsp3) is 0.600. The molecule has 0 aliphatic carbocycles. The van der Waals surface area contributed by atoms with Crippen LogP contribution < -0.4 is 5.32 Å². The van der Waals surface area contributed by atoms with Crippen molar-refractivity contribution in [3.8, 4) is 0 Å². The smallest absolute Gasteiger partial charge is 0.0233 e. The van der Waals surface area contributed by atoms with E-state index in [4.69, 9.17) is 0 Å². The van der Waals surface area contributed by atoms with Gasteiger partial charge in [0.1, 0.15) is 0 Å². The Kier molecular flexibility index (Phi) is 4.57. The molecule has 1 unspecified atom stereocenters. The summed E-state index contributed by atoms with van der Waals surface area (Å²) in [5.41, 5.74) is 2.89. The average Bonchev–Trinajstić information content (AvgIpc) is 2.83. The zero-order valence-electron chi connectivity index (χ0n) is 11.1. The van der Waals surface area contributed by atoms with Gasteiger partial charge in [-0.2, -0.15) is 0 Å². The van der Waals surface area contributed by atoms with Crippen molar-refractivity contribution >= 4 is 0 Å². The number of likely N-dealkylation sites (tertiary alicyclic amines) is 1. The Balaban J connectivity index is 1.92. The van der Waals surface area contributed by atoms with Crippen molar-refractivity contribution in [3.63, 3.8) is 0 Å². The van der Waals surface area contributed by atoms with Gasteiger partial charge in [-0.05, 0) is 50.0 Å². The highest BCUT2D eigenvalue weighted by Gasteiger charge is 2.11. The minimum Gasteiger partial charge on any atom is -0.319 e. The van der Waals surface area contributed by atoms with Gasteiger partial charge >= 0.3 is 0 Å². The summed E-state index contributed by atoms with van der Waals surface area (Å²) in [5, 5.41) is 3.23. The zero-order chi connectivity index (χ0) is 12.1. The van der Waals surface area contributed by atoms with Crippen molar-refractivity contribution in [3.05, 3.63) is 35.4 Å². The van der Waals surface area contributed by atoms with Gasteiger partial charge in [0.15, 0.2) is 0 Å². The maximum Gasteiger partial charge on any atom is 0.0233 e. The number of nitrogens with zero attached hydrogens (tertiary/aromatic N) is 1. The van der Waals surface area contributed by atoms with Crippen LogP contribution in [-0.2, 0) is 6.54 Å². The lowest BCUT2D eigenvalue weighted by Crippen LogP contribution is -2.18. The van der Waals surface area contributed by atoms with E-state index in [1.165, 1.54) is 37.1 Å². The van der Waals surface area contributed by atoms with Crippen LogP contribution in [0.1, 0.15) is 36.8 Å². The molecule has 0 bridgehead atoms. The Morgan fingerprint density at radius 3 is 2.41 bits per heavy atom. The summed E-state index contributed by atoms with van der Waals surface area (Å²) in [7, 11) is 2.01. The first kappa shape index (κ1) is 12.6. The summed E-state index contributed by atoms with van der Waals surface area (Å²) < 4.78 is 0. The van der Waals surface area contributed by atoms with E-state index in [2.05, 4.69) is 41.4 Å². The molecule has 1 N–H and O–H groups in total. The van der Waals surface area contributed by atoms with Crippen LogP contribution in [0.15, 0.2) is 24.3 Å². The minimum atomic E-state index is 0.598. The van der Waals surface area contributed by atoms with Gasteiger partial charge in [0.25, 0.3) is 0 Å². The second kappa shape index (κ2) is 6.18. The molecule has 1 aliphatic rings. The first-order valence-electron chi connectivity index (χ1n) is 6.75. The molecule has 17 heavy (non-hydrogen) atoms. The van der Waals surface area contributed by atoms with E-state index in [-0.39, 0.29) is 0 Å². The fourth-order valence-corrected chi connectivity index (χ4v) is 2.57. The summed E-state index contributed by atoms with van der Waals surface area (Å²) in [6, 6.07) is 9.15. The van der Waals surface area contributed by atoms with Crippen LogP contribution in [0.2, 0.25) is 0 Å². The molecule has 1 aromatic rings. The second-order valence-corrected chi connectivity index (χ2v) is 5.18. The van der Waals surface area contributed by atoms with E-state index in [0.717, 1.165) is 13.1 Å². The van der Waals surface area contributed by atoms with Gasteiger partial charge in [-0.3, -0.25) is 4.90 Å². The number of nitrogens with one attached hydrogen (secondary N) is 1. The molecule has 2 nitrogen and oxygen atoms in total. The standard InChI is InChI=1S/C15H24N2/c1-13(11-16-2)15-7-5-14(6-8-15)12-17-9-3-4-10-17/h5-8,13,16H,3-4,9-12H2,1-2H3. The van der Waals surface area contributed by atoms with Crippen molar-refractivity contribution in [2.45, 2.75) is 32.2 Å². The van der Waals surface area contributed by atoms with Gasteiger partial charge < -0.3 is 5.32 Å². The molecule has 2 heteroatoms. The third kappa shape index (κ3) is 3.55. The largest absolute Gasteiger partial charge is 0.319 e. The summed E-state index contributed by atoms with van der Waals surface area (Å²) >= 11 is 0. The van der Waals surface area contributed by atoms with E-state index in [1.54, 1.807) is 0 Å². The SMILES string of the molecule is CNCC(C)c1ccc(CN2CCCC2)cc1. The average molecular weight is 232 g/mol. The maximum absolute atomic E-state index is 3.23. The van der Waals surface area contributed by atoms with Gasteiger partial charge in [0, 0.05) is 13.1 Å². The lowest BCUT2D eigenvalue weighted by atomic mass is 10.00. The number of rotatable bonds is 5. The molecule has 0 amide bonds. The molecule has 1 fully saturated rings. The van der Waals surface area contributed by atoms with Gasteiger partial charge in [0.2, 0.25) is 0 Å². The quantitative estimate of drug-likeness (QED) is 0.839. The Bertz CT molecular complexity index is 325. The molecule has 0 saturated carbocycles. The normalized spacial score (nSPS) is 18.5. The summed E-state index contributed by atoms with van der Waals surface area (Å²) in [5.74, 6) is 0.598. The lowest BCUT2D eigenvalue weighted by Gasteiger charge is -2.16. The monoisotopic (exact) mass is 232 g/mol. The molecule has 0 spiro atoms. The van der Waals surface area contributed by atoms with Crippen molar-refractivity contribution < 1.29 is 0 Å². The fourth-order valence-electron chi connectivity index (χ4n) is 2.57. The highest BCUT2D eigenvalue weighted by atomic mass is 15.1. The van der Waals surface area contributed by atoms with Crippen molar-refractivity contribution in [2.75, 3.05) is 26.7 Å². The van der Waals surface area contributed by atoms with E-state index in [0.29, 0.717) is 5.92 Å². The van der Waals surface area contributed by atoms with Crippen LogP contribution in [-0.4, -0.2) is 31.6 Å². The molecule has 0 radical (unpaired) electrons. The summed E-state index contributed by atoms with van der Waals surface area (Å²) in [4.78, 5) is 2.55. The number of hydrogen-bond acceptors (Lipinski definition) is 2. The number of benzene rings is 1. The first-order valence-corrected chi connectivity index (χ1v) is 6.75. The second-order valence-electron chi connectivity index (χ2n) is 5.18. The Morgan fingerprint density at radius 2 is 1.82 bits per heavy atom. The molecule has 1 aliphatic heterocycles. The molecule has 1 atom stereocenters. The lowest BCUT2D eigenvalue weighted by molar-refractivity contribution is 0.331. The van der Waals surface area contributed by atoms with Crippen LogP contribution in [0.25, 0.3) is 0 Å². The summed E-state index contributed by atoms with van der Waals surface area (Å²) in [6.45, 7) is 6.99. The van der Waals surface area contributed by atoms with Crippen LogP contribution in [0.5, 0.6) is 0 Å². The molecule has 94 valence electrons. The van der Waals surface area contributed by atoms with E-state index >= 15 is 0 Å². The highest BCUT2D eigenvalue weighted by Crippen LogP contribution is 2.17. The Hall–Kier alpha value is -0.860. The van der Waals surface area contributed by atoms with E-state index in [1.807, 2.05) is 7.05 Å². The van der Waals surface area contributed by atoms with Gasteiger partial charge in [-0.15, -0.1) is 0 Å². The highest BCUT2D eigenvalue weighted by molar-refractivity contribution is 5.25. The van der Waals surface area contributed by atoms with Crippen molar-refractivity contribution in [1.29, 1.82) is 0 Å². The molecule has 1 aromatic carbocycles. The van der Waals surface area contributed by atoms with Gasteiger partial charge in [0.05, 0.1) is 0 Å². The van der Waals surface area contributed by atoms with Crippen molar-refractivity contribution in [1.82, 2.24) is 10.2 Å². The zero-order valence-corrected chi connectivity index (χ0v) is 11.1. The predicted molar refractivity (Wildman–Crippen MR) is 73.3 cm³/mol. The predicted octanol–water partition coefficient (Wildman–Crippen LogP) is 2.61. The van der Waals surface area contributed by atoms with Gasteiger partial charge in [-0.25, -0.2) is 0 Å². The molecule has 1 heterocycles. The number of hydrogen-bond donors (Lipinski definition) is 1. The molecule has 1 saturated heterocycles. The minimum absolute atomic E-state index is 0.598. The Labute approximate surface area is 105 Å². The van der Waals surface area contributed by atoms with Crippen LogP contribution in [0, 0.1) is 0 Å². The topological polar surface area (TPSA) is 15.3 Å². The Morgan fingerprint density at radius 1 is 1.18 bits per heavy atom. The van der Waals surface area contributed by atoms with Crippen LogP contribution in [0.4, 0.5) is 0 Å². The van der Waals surface area contributed by atoms with Crippen LogP contribution >= 0.6 is 0 Å². The number of likely N-dealkylation sites (N-methyl/N-ethyl adjacent to an activating group) is 1. The molecule has 0 aromatic heterocycles. The third-order valence-electron chi connectivity index (χ3n) is 3.66. The molecule has 2 rings (SSSR count). The third-order valence-corrected chi connectivity index (χ3v) is 3.66. The summed E-state index contributed by atoms with van der Waals surface area (Å²) in [6.07, 6.45) is 2.74. The molecular formula is C15H24N2.